The van der Waals surface area contributed by atoms with Crippen molar-refractivity contribution >= 4 is 5.91 Å². The van der Waals surface area contributed by atoms with Crippen molar-refractivity contribution in [2.75, 3.05) is 6.54 Å². The van der Waals surface area contributed by atoms with Gasteiger partial charge in [-0.1, -0.05) is 37.5 Å². The molecule has 1 aliphatic heterocycles. The number of carbonyl (C=O) groups is 1. The van der Waals surface area contributed by atoms with Crippen LogP contribution in [0.2, 0.25) is 0 Å². The minimum absolute atomic E-state index is 0.0170. The third-order valence-electron chi connectivity index (χ3n) is 4.47. The zero-order valence-corrected chi connectivity index (χ0v) is 11.2. The highest BCUT2D eigenvalue weighted by Crippen LogP contribution is 2.27. The van der Waals surface area contributed by atoms with Crippen LogP contribution in [0.15, 0.2) is 24.3 Å². The Morgan fingerprint density at radius 1 is 1.11 bits per heavy atom. The monoisotopic (exact) mass is 259 g/mol. The zero-order valence-electron chi connectivity index (χ0n) is 11.2. The van der Waals surface area contributed by atoms with E-state index < -0.39 is 0 Å². The normalized spacial score (nSPS) is 27.8. The van der Waals surface area contributed by atoms with E-state index in [2.05, 4.69) is 0 Å². The van der Waals surface area contributed by atoms with Crippen LogP contribution in [0.25, 0.3) is 0 Å². The average molecular weight is 259 g/mol. The van der Waals surface area contributed by atoms with Crippen molar-refractivity contribution in [1.82, 2.24) is 4.90 Å². The Kier molecular flexibility index (Phi) is 3.56. The van der Waals surface area contributed by atoms with Crippen LogP contribution in [0.5, 0.6) is 0 Å². The highest BCUT2D eigenvalue weighted by molar-refractivity contribution is 5.97. The van der Waals surface area contributed by atoms with E-state index in [1.807, 2.05) is 29.2 Å². The quantitative estimate of drug-likeness (QED) is 0.787. The van der Waals surface area contributed by atoms with Gasteiger partial charge in [-0.3, -0.25) is 4.79 Å². The molecule has 0 spiro atoms. The van der Waals surface area contributed by atoms with Crippen LogP contribution >= 0.6 is 0 Å². The lowest BCUT2D eigenvalue weighted by Gasteiger charge is -2.37. The van der Waals surface area contributed by atoms with E-state index in [1.165, 1.54) is 6.42 Å². The Bertz CT molecular complexity index is 472. The number of benzene rings is 1. The summed E-state index contributed by atoms with van der Waals surface area (Å²) >= 11 is 0. The Balaban J connectivity index is 1.85. The molecular weight excluding hydrogens is 238 g/mol. The lowest BCUT2D eigenvalue weighted by molar-refractivity contribution is 0.0311. The van der Waals surface area contributed by atoms with Crippen LogP contribution in [0.4, 0.5) is 0 Å². The van der Waals surface area contributed by atoms with Crippen molar-refractivity contribution < 1.29 is 9.90 Å². The summed E-state index contributed by atoms with van der Waals surface area (Å²) in [7, 11) is 0. The van der Waals surface area contributed by atoms with Gasteiger partial charge in [-0.05, 0) is 30.9 Å². The molecule has 1 N–H and O–H groups in total. The second-order valence-corrected chi connectivity index (χ2v) is 5.68. The number of hydrogen-bond acceptors (Lipinski definition) is 2. The van der Waals surface area contributed by atoms with Crippen LogP contribution in [-0.2, 0) is 6.42 Å². The third-order valence-corrected chi connectivity index (χ3v) is 4.47. The molecule has 1 aliphatic carbocycles. The molecule has 3 heteroatoms. The van der Waals surface area contributed by atoms with E-state index in [1.54, 1.807) is 0 Å². The molecule has 1 heterocycles. The van der Waals surface area contributed by atoms with Crippen LogP contribution in [0.3, 0.4) is 0 Å². The Labute approximate surface area is 114 Å². The minimum Gasteiger partial charge on any atom is -0.391 e. The molecule has 0 bridgehead atoms. The number of fused-ring (bicyclic) bond motifs is 1. The van der Waals surface area contributed by atoms with Gasteiger partial charge >= 0.3 is 0 Å². The predicted octanol–water partition coefficient (Wildman–Crippen LogP) is 2.38. The first-order valence-electron chi connectivity index (χ1n) is 7.34. The molecule has 102 valence electrons. The van der Waals surface area contributed by atoms with Crippen LogP contribution in [0.1, 0.15) is 48.0 Å². The summed E-state index contributed by atoms with van der Waals surface area (Å²) in [5.74, 6) is 0.104. The first kappa shape index (κ1) is 12.7. The van der Waals surface area contributed by atoms with Crippen LogP contribution in [-0.4, -0.2) is 34.6 Å². The molecule has 2 aliphatic rings. The molecule has 1 amide bonds. The molecule has 2 unspecified atom stereocenters. The molecule has 1 aromatic rings. The van der Waals surface area contributed by atoms with Crippen molar-refractivity contribution in [2.24, 2.45) is 0 Å². The van der Waals surface area contributed by atoms with E-state index >= 15 is 0 Å². The molecule has 1 fully saturated rings. The van der Waals surface area contributed by atoms with Gasteiger partial charge in [0.05, 0.1) is 12.1 Å². The molecule has 19 heavy (non-hydrogen) atoms. The fraction of sp³-hybridized carbons (Fsp3) is 0.562. The number of amides is 1. The van der Waals surface area contributed by atoms with Gasteiger partial charge in [0.25, 0.3) is 5.91 Å². The van der Waals surface area contributed by atoms with Gasteiger partial charge in [-0.25, -0.2) is 0 Å². The van der Waals surface area contributed by atoms with Crippen molar-refractivity contribution in [2.45, 2.75) is 50.7 Å². The minimum atomic E-state index is -0.350. The molecule has 0 aromatic heterocycles. The number of aliphatic hydroxyl groups excluding tert-OH is 1. The number of carbonyl (C=O) groups excluding carboxylic acids is 1. The molecule has 1 aromatic carbocycles. The standard InChI is InChI=1S/C16H21NO2/c18-15-9-3-1-2-8-14(15)17-11-10-12-6-4-5-7-13(12)16(17)19/h4-7,14-15,18H,1-3,8-11H2. The van der Waals surface area contributed by atoms with Gasteiger partial charge in [-0.15, -0.1) is 0 Å². The highest BCUT2D eigenvalue weighted by atomic mass is 16.3. The molecule has 3 rings (SSSR count). The second kappa shape index (κ2) is 5.33. The lowest BCUT2D eigenvalue weighted by atomic mass is 9.95. The fourth-order valence-corrected chi connectivity index (χ4v) is 3.39. The van der Waals surface area contributed by atoms with E-state index in [-0.39, 0.29) is 18.1 Å². The van der Waals surface area contributed by atoms with Gasteiger partial charge in [0.1, 0.15) is 0 Å². The molecule has 1 saturated carbocycles. The SMILES string of the molecule is O=C1c2ccccc2CCN1C1CCCCCC1O. The van der Waals surface area contributed by atoms with Crippen molar-refractivity contribution in [1.29, 1.82) is 0 Å². The maximum absolute atomic E-state index is 12.6. The largest absolute Gasteiger partial charge is 0.391 e. The summed E-state index contributed by atoms with van der Waals surface area (Å²) in [6.07, 6.45) is 5.70. The Morgan fingerprint density at radius 3 is 2.79 bits per heavy atom. The number of rotatable bonds is 1. The van der Waals surface area contributed by atoms with Crippen molar-refractivity contribution in [3.63, 3.8) is 0 Å². The summed E-state index contributed by atoms with van der Waals surface area (Å²) in [6.45, 7) is 0.748. The summed E-state index contributed by atoms with van der Waals surface area (Å²) in [5, 5.41) is 10.3. The summed E-state index contributed by atoms with van der Waals surface area (Å²) in [5.41, 5.74) is 1.97. The van der Waals surface area contributed by atoms with E-state index in [9.17, 15) is 9.90 Å². The average Bonchev–Trinajstić information content (AvgIpc) is 2.65. The molecule has 3 nitrogen and oxygen atoms in total. The van der Waals surface area contributed by atoms with Gasteiger partial charge < -0.3 is 10.0 Å². The molecule has 0 radical (unpaired) electrons. The van der Waals surface area contributed by atoms with Gasteiger partial charge in [-0.2, -0.15) is 0 Å². The van der Waals surface area contributed by atoms with Crippen LogP contribution in [0, 0.1) is 0 Å². The third kappa shape index (κ3) is 2.39. The van der Waals surface area contributed by atoms with E-state index in [0.29, 0.717) is 0 Å². The summed E-state index contributed by atoms with van der Waals surface area (Å²) in [4.78, 5) is 14.5. The molecular formula is C16H21NO2. The summed E-state index contributed by atoms with van der Waals surface area (Å²) in [6, 6.07) is 7.87. The maximum Gasteiger partial charge on any atom is 0.254 e. The van der Waals surface area contributed by atoms with E-state index in [0.717, 1.165) is 49.8 Å². The number of nitrogens with zero attached hydrogens (tertiary/aromatic N) is 1. The van der Waals surface area contributed by atoms with Crippen molar-refractivity contribution in [3.8, 4) is 0 Å². The molecule has 2 atom stereocenters. The topological polar surface area (TPSA) is 40.5 Å². The number of aliphatic hydroxyl groups is 1. The van der Waals surface area contributed by atoms with Gasteiger partial charge in [0, 0.05) is 12.1 Å². The Morgan fingerprint density at radius 2 is 1.89 bits per heavy atom. The van der Waals surface area contributed by atoms with Crippen molar-refractivity contribution in [3.05, 3.63) is 35.4 Å². The smallest absolute Gasteiger partial charge is 0.254 e. The first-order valence-corrected chi connectivity index (χ1v) is 7.34. The fourth-order valence-electron chi connectivity index (χ4n) is 3.39. The van der Waals surface area contributed by atoms with E-state index in [4.69, 9.17) is 0 Å². The van der Waals surface area contributed by atoms with Gasteiger partial charge in [0.2, 0.25) is 0 Å². The lowest BCUT2D eigenvalue weighted by Crippen LogP contribution is -2.49. The maximum atomic E-state index is 12.6. The summed E-state index contributed by atoms with van der Waals surface area (Å²) < 4.78 is 0. The number of hydrogen-bond donors (Lipinski definition) is 1. The predicted molar refractivity (Wildman–Crippen MR) is 74.1 cm³/mol. The molecule has 0 saturated heterocycles. The first-order chi connectivity index (χ1) is 9.27. The van der Waals surface area contributed by atoms with Crippen LogP contribution < -0.4 is 0 Å². The Hall–Kier alpha value is -1.35. The second-order valence-electron chi connectivity index (χ2n) is 5.68. The van der Waals surface area contributed by atoms with Gasteiger partial charge in [0.15, 0.2) is 0 Å². The zero-order chi connectivity index (χ0) is 13.2. The highest BCUT2D eigenvalue weighted by Gasteiger charge is 2.34.